The maximum Gasteiger partial charge on any atom is 0.232 e. The molecule has 0 fully saturated rings. The molecule has 152 valence electrons. The summed E-state index contributed by atoms with van der Waals surface area (Å²) in [4.78, 5) is 12.4. The second-order valence-corrected chi connectivity index (χ2v) is 8.49. The van der Waals surface area contributed by atoms with E-state index in [2.05, 4.69) is 5.32 Å². The van der Waals surface area contributed by atoms with Crippen molar-refractivity contribution >= 4 is 21.6 Å². The molecule has 0 heterocycles. The van der Waals surface area contributed by atoms with Crippen LogP contribution >= 0.6 is 0 Å². The minimum Gasteiger partial charge on any atom is -0.497 e. The van der Waals surface area contributed by atoms with Gasteiger partial charge in [0, 0.05) is 19.0 Å². The average Bonchev–Trinajstić information content (AvgIpc) is 2.69. The number of anilines is 1. The van der Waals surface area contributed by atoms with Crippen molar-refractivity contribution in [3.63, 3.8) is 0 Å². The van der Waals surface area contributed by atoms with Gasteiger partial charge in [-0.1, -0.05) is 43.3 Å². The van der Waals surface area contributed by atoms with E-state index >= 15 is 0 Å². The molecule has 1 atom stereocenters. The summed E-state index contributed by atoms with van der Waals surface area (Å²) in [5.41, 5.74) is 1.59. The fraction of sp³-hybridized carbons (Fsp3) is 0.381. The fourth-order valence-corrected chi connectivity index (χ4v) is 3.97. The Hall–Kier alpha value is -2.54. The van der Waals surface area contributed by atoms with Crippen LogP contribution in [0.3, 0.4) is 0 Å². The third-order valence-electron chi connectivity index (χ3n) is 4.45. The Bertz CT molecular complexity index is 869. The number of methoxy groups -OCH3 is 1. The van der Waals surface area contributed by atoms with Crippen LogP contribution in [0.1, 0.15) is 37.8 Å². The molecule has 6 nitrogen and oxygen atoms in total. The molecule has 0 aromatic heterocycles. The van der Waals surface area contributed by atoms with Crippen molar-refractivity contribution in [2.75, 3.05) is 24.2 Å². The number of hydrogen-bond acceptors (Lipinski definition) is 4. The number of carbonyl (C=O) groups excluding carboxylic acids is 1. The van der Waals surface area contributed by atoms with E-state index in [4.69, 9.17) is 4.74 Å². The predicted molar refractivity (Wildman–Crippen MR) is 112 cm³/mol. The molecule has 0 aliphatic heterocycles. The second-order valence-electron chi connectivity index (χ2n) is 6.58. The Morgan fingerprint density at radius 1 is 1.14 bits per heavy atom. The van der Waals surface area contributed by atoms with Crippen molar-refractivity contribution in [2.24, 2.45) is 0 Å². The average molecular weight is 405 g/mol. The van der Waals surface area contributed by atoms with Crippen LogP contribution < -0.4 is 14.4 Å². The minimum atomic E-state index is -3.47. The lowest BCUT2D eigenvalue weighted by atomic mass is 10.0. The zero-order valence-corrected chi connectivity index (χ0v) is 17.4. The quantitative estimate of drug-likeness (QED) is 0.657. The minimum absolute atomic E-state index is 0.0434. The van der Waals surface area contributed by atoms with Gasteiger partial charge in [-0.25, -0.2) is 8.42 Å². The standard InChI is InChI=1S/C21H28N2O4S/c1-4-20(17-10-6-5-7-11-17)22-21(24)14-9-15-23(28(3,25)26)18-12-8-13-19(16-18)27-2/h5-8,10-13,16,20H,4,9,14-15H2,1-3H3,(H,22,24)/t20-/m0/s1. The van der Waals surface area contributed by atoms with Gasteiger partial charge in [0.1, 0.15) is 5.75 Å². The Morgan fingerprint density at radius 2 is 1.86 bits per heavy atom. The zero-order valence-electron chi connectivity index (χ0n) is 16.6. The Balaban J connectivity index is 1.97. The van der Waals surface area contributed by atoms with Crippen LogP contribution in [-0.4, -0.2) is 34.2 Å². The van der Waals surface area contributed by atoms with E-state index < -0.39 is 10.0 Å². The fourth-order valence-electron chi connectivity index (χ4n) is 3.01. The normalized spacial score (nSPS) is 12.2. The highest BCUT2D eigenvalue weighted by Crippen LogP contribution is 2.23. The number of rotatable bonds is 10. The lowest BCUT2D eigenvalue weighted by molar-refractivity contribution is -0.121. The summed E-state index contributed by atoms with van der Waals surface area (Å²) < 4.78 is 30.9. The first kappa shape index (κ1) is 21.8. The third-order valence-corrected chi connectivity index (χ3v) is 5.65. The maximum atomic E-state index is 12.4. The van der Waals surface area contributed by atoms with Gasteiger partial charge in [-0.05, 0) is 30.5 Å². The van der Waals surface area contributed by atoms with Gasteiger partial charge >= 0.3 is 0 Å². The van der Waals surface area contributed by atoms with Crippen molar-refractivity contribution in [1.82, 2.24) is 5.32 Å². The Kier molecular flexibility index (Phi) is 7.87. The van der Waals surface area contributed by atoms with Gasteiger partial charge in [0.2, 0.25) is 15.9 Å². The number of nitrogens with one attached hydrogen (secondary N) is 1. The van der Waals surface area contributed by atoms with Crippen LogP contribution in [-0.2, 0) is 14.8 Å². The van der Waals surface area contributed by atoms with Crippen LogP contribution in [0.2, 0.25) is 0 Å². The second kappa shape index (κ2) is 10.1. The first-order valence-corrected chi connectivity index (χ1v) is 11.2. The van der Waals surface area contributed by atoms with E-state index in [0.717, 1.165) is 18.2 Å². The number of sulfonamides is 1. The summed E-state index contributed by atoms with van der Waals surface area (Å²) >= 11 is 0. The third kappa shape index (κ3) is 6.27. The molecule has 0 unspecified atom stereocenters. The molecule has 0 aliphatic rings. The van der Waals surface area contributed by atoms with E-state index in [9.17, 15) is 13.2 Å². The van der Waals surface area contributed by atoms with Crippen molar-refractivity contribution in [3.8, 4) is 5.75 Å². The van der Waals surface area contributed by atoms with E-state index in [1.54, 1.807) is 24.3 Å². The number of benzene rings is 2. The molecule has 0 saturated carbocycles. The molecule has 1 amide bonds. The Labute approximate surface area is 167 Å². The Morgan fingerprint density at radius 3 is 2.46 bits per heavy atom. The molecule has 0 radical (unpaired) electrons. The number of ether oxygens (including phenoxy) is 1. The number of hydrogen-bond donors (Lipinski definition) is 1. The van der Waals surface area contributed by atoms with Crippen LogP contribution in [0.5, 0.6) is 5.75 Å². The highest BCUT2D eigenvalue weighted by atomic mass is 32.2. The molecular formula is C21H28N2O4S. The van der Waals surface area contributed by atoms with Crippen molar-refractivity contribution < 1.29 is 17.9 Å². The van der Waals surface area contributed by atoms with E-state index in [0.29, 0.717) is 17.9 Å². The first-order chi connectivity index (χ1) is 13.3. The first-order valence-electron chi connectivity index (χ1n) is 9.31. The van der Waals surface area contributed by atoms with Gasteiger partial charge in [-0.15, -0.1) is 0 Å². The number of nitrogens with zero attached hydrogens (tertiary/aromatic N) is 1. The largest absolute Gasteiger partial charge is 0.497 e. The van der Waals surface area contributed by atoms with Gasteiger partial charge in [0.25, 0.3) is 0 Å². The smallest absolute Gasteiger partial charge is 0.232 e. The molecule has 1 N–H and O–H groups in total. The summed E-state index contributed by atoms with van der Waals surface area (Å²) in [6.07, 6.45) is 2.62. The van der Waals surface area contributed by atoms with Crippen LogP contribution in [0.15, 0.2) is 54.6 Å². The van der Waals surface area contributed by atoms with Gasteiger partial charge < -0.3 is 10.1 Å². The number of carbonyl (C=O) groups is 1. The molecule has 0 spiro atoms. The lowest BCUT2D eigenvalue weighted by Crippen LogP contribution is -2.33. The molecule has 0 aliphatic carbocycles. The molecule has 28 heavy (non-hydrogen) atoms. The molecule has 7 heteroatoms. The van der Waals surface area contributed by atoms with E-state index in [1.807, 2.05) is 37.3 Å². The highest BCUT2D eigenvalue weighted by molar-refractivity contribution is 7.92. The monoisotopic (exact) mass is 404 g/mol. The van der Waals surface area contributed by atoms with Gasteiger partial charge in [-0.3, -0.25) is 9.10 Å². The molecular weight excluding hydrogens is 376 g/mol. The summed E-state index contributed by atoms with van der Waals surface area (Å²) in [5, 5.41) is 3.03. The molecule has 2 rings (SSSR count). The highest BCUT2D eigenvalue weighted by Gasteiger charge is 2.19. The van der Waals surface area contributed by atoms with E-state index in [1.165, 1.54) is 11.4 Å². The number of amides is 1. The molecule has 0 saturated heterocycles. The van der Waals surface area contributed by atoms with Crippen LogP contribution in [0.4, 0.5) is 5.69 Å². The summed E-state index contributed by atoms with van der Waals surface area (Å²) in [6, 6.07) is 16.6. The zero-order chi connectivity index (χ0) is 20.6. The van der Waals surface area contributed by atoms with Crippen molar-refractivity contribution in [3.05, 3.63) is 60.2 Å². The van der Waals surface area contributed by atoms with Gasteiger partial charge in [0.15, 0.2) is 0 Å². The van der Waals surface area contributed by atoms with Crippen molar-refractivity contribution in [1.29, 1.82) is 0 Å². The SMILES string of the molecule is CC[C@H](NC(=O)CCCN(c1cccc(OC)c1)S(C)(=O)=O)c1ccccc1. The van der Waals surface area contributed by atoms with Crippen LogP contribution in [0, 0.1) is 0 Å². The lowest BCUT2D eigenvalue weighted by Gasteiger charge is -2.23. The van der Waals surface area contributed by atoms with Gasteiger partial charge in [-0.2, -0.15) is 0 Å². The summed E-state index contributed by atoms with van der Waals surface area (Å²) in [5.74, 6) is 0.493. The summed E-state index contributed by atoms with van der Waals surface area (Å²) in [6.45, 7) is 2.24. The van der Waals surface area contributed by atoms with Crippen molar-refractivity contribution in [2.45, 2.75) is 32.2 Å². The topological polar surface area (TPSA) is 75.7 Å². The predicted octanol–water partition coefficient (Wildman–Crippen LogP) is 3.51. The maximum absolute atomic E-state index is 12.4. The molecule has 2 aromatic carbocycles. The van der Waals surface area contributed by atoms with Gasteiger partial charge in [0.05, 0.1) is 25.1 Å². The van der Waals surface area contributed by atoms with Crippen LogP contribution in [0.25, 0.3) is 0 Å². The summed E-state index contributed by atoms with van der Waals surface area (Å²) in [7, 11) is -1.93. The molecule has 2 aromatic rings. The molecule has 0 bridgehead atoms. The van der Waals surface area contributed by atoms with E-state index in [-0.39, 0.29) is 24.9 Å².